The van der Waals surface area contributed by atoms with Crippen LogP contribution in [0.3, 0.4) is 0 Å². The number of rotatable bonds is 7. The molecule has 3 rings (SSSR count). The zero-order valence-electron chi connectivity index (χ0n) is 16.1. The predicted molar refractivity (Wildman–Crippen MR) is 105 cm³/mol. The topological polar surface area (TPSA) is 77.8 Å². The fourth-order valence-corrected chi connectivity index (χ4v) is 2.82. The van der Waals surface area contributed by atoms with Crippen molar-refractivity contribution < 1.29 is 14.3 Å². The van der Waals surface area contributed by atoms with Crippen LogP contribution in [0.4, 0.5) is 4.79 Å². The highest BCUT2D eigenvalue weighted by Gasteiger charge is 2.16. The van der Waals surface area contributed by atoms with E-state index >= 15 is 0 Å². The third-order valence-corrected chi connectivity index (χ3v) is 4.44. The molecule has 0 radical (unpaired) electrons. The summed E-state index contributed by atoms with van der Waals surface area (Å²) in [6.45, 7) is 2.47. The minimum absolute atomic E-state index is 0.135. The lowest BCUT2D eigenvalue weighted by Gasteiger charge is -2.25. The zero-order valence-corrected chi connectivity index (χ0v) is 16.1. The summed E-state index contributed by atoms with van der Waals surface area (Å²) in [5, 5.41) is 11.9. The molecule has 0 spiro atoms. The van der Waals surface area contributed by atoms with Gasteiger partial charge >= 0.3 is 6.03 Å². The lowest BCUT2D eigenvalue weighted by Crippen LogP contribution is -2.42. The Balaban J connectivity index is 1.62. The molecule has 1 aliphatic rings. The minimum atomic E-state index is -0.135. The molecule has 7 heteroatoms. The number of nitrogens with one attached hydrogen (secondary N) is 1. The fourth-order valence-electron chi connectivity index (χ4n) is 2.82. The van der Waals surface area contributed by atoms with Crippen LogP contribution in [0.15, 0.2) is 42.5 Å². The van der Waals surface area contributed by atoms with Gasteiger partial charge in [-0.3, -0.25) is 0 Å². The molecule has 0 fully saturated rings. The first-order chi connectivity index (χ1) is 13.5. The first kappa shape index (κ1) is 19.5. The van der Waals surface area contributed by atoms with Gasteiger partial charge in [0.05, 0.1) is 11.6 Å². The van der Waals surface area contributed by atoms with Crippen LogP contribution in [0.5, 0.6) is 11.5 Å². The molecule has 0 aliphatic carbocycles. The van der Waals surface area contributed by atoms with E-state index in [0.29, 0.717) is 30.9 Å². The molecule has 2 aromatic rings. The third kappa shape index (κ3) is 5.15. The zero-order chi connectivity index (χ0) is 19.9. The number of nitrogens with zero attached hydrogens (tertiary/aromatic N) is 3. The molecule has 28 heavy (non-hydrogen) atoms. The van der Waals surface area contributed by atoms with Gasteiger partial charge in [-0.05, 0) is 49.5 Å². The number of benzene rings is 2. The lowest BCUT2D eigenvalue weighted by atomic mass is 10.1. The molecule has 0 unspecified atom stereocenters. The molecule has 146 valence electrons. The second-order valence-electron chi connectivity index (χ2n) is 6.88. The predicted octanol–water partition coefficient (Wildman–Crippen LogP) is 2.56. The van der Waals surface area contributed by atoms with Crippen LogP contribution < -0.4 is 14.8 Å². The maximum atomic E-state index is 12.8. The van der Waals surface area contributed by atoms with Crippen LogP contribution in [-0.4, -0.2) is 49.8 Å². The molecule has 0 atom stereocenters. The fraction of sp³-hybridized carbons (Fsp3) is 0.333. The van der Waals surface area contributed by atoms with Crippen molar-refractivity contribution in [1.29, 1.82) is 5.26 Å². The van der Waals surface area contributed by atoms with Crippen LogP contribution in [-0.2, 0) is 13.1 Å². The smallest absolute Gasteiger partial charge is 0.318 e. The van der Waals surface area contributed by atoms with Crippen molar-refractivity contribution in [2.24, 2.45) is 0 Å². The van der Waals surface area contributed by atoms with Crippen molar-refractivity contribution in [3.8, 4) is 17.6 Å². The van der Waals surface area contributed by atoms with E-state index in [-0.39, 0.29) is 12.8 Å². The maximum absolute atomic E-state index is 12.8. The van der Waals surface area contributed by atoms with Gasteiger partial charge in [-0.1, -0.05) is 18.2 Å². The Morgan fingerprint density at radius 3 is 2.50 bits per heavy atom. The number of carbonyl (C=O) groups is 1. The molecular formula is C21H24N4O3. The van der Waals surface area contributed by atoms with E-state index in [4.69, 9.17) is 14.7 Å². The summed E-state index contributed by atoms with van der Waals surface area (Å²) in [5.41, 5.74) is 2.54. The number of amides is 2. The van der Waals surface area contributed by atoms with Crippen LogP contribution in [0.1, 0.15) is 16.7 Å². The number of hydrogen-bond donors (Lipinski definition) is 1. The highest BCUT2D eigenvalue weighted by molar-refractivity contribution is 5.74. The molecular weight excluding hydrogens is 356 g/mol. The molecule has 2 amide bonds. The Hall–Kier alpha value is -3.24. The standard InChI is InChI=1S/C21H24N4O3/c1-24(2)9-10-25(14-17-5-3-16(12-22)4-6-17)21(26)23-13-18-7-8-19-20(11-18)28-15-27-19/h3-8,11H,9-10,13-15H2,1-2H3,(H,23,26). The second kappa shape index (κ2) is 9.11. The normalized spacial score (nSPS) is 11.9. The number of carbonyl (C=O) groups excluding carboxylic acids is 1. The first-order valence-electron chi connectivity index (χ1n) is 9.10. The summed E-state index contributed by atoms with van der Waals surface area (Å²) >= 11 is 0. The molecule has 1 aliphatic heterocycles. The van der Waals surface area contributed by atoms with E-state index in [1.807, 2.05) is 49.3 Å². The van der Waals surface area contributed by atoms with E-state index in [0.717, 1.165) is 23.4 Å². The van der Waals surface area contributed by atoms with Crippen molar-refractivity contribution in [2.45, 2.75) is 13.1 Å². The van der Waals surface area contributed by atoms with Crippen molar-refractivity contribution in [1.82, 2.24) is 15.1 Å². The number of nitriles is 1. The maximum Gasteiger partial charge on any atom is 0.318 e. The average Bonchev–Trinajstić information content (AvgIpc) is 3.17. The van der Waals surface area contributed by atoms with Crippen LogP contribution in [0.2, 0.25) is 0 Å². The Labute approximate surface area is 165 Å². The van der Waals surface area contributed by atoms with Gasteiger partial charge in [0.1, 0.15) is 0 Å². The van der Waals surface area contributed by atoms with Crippen molar-refractivity contribution in [3.63, 3.8) is 0 Å². The summed E-state index contributed by atoms with van der Waals surface area (Å²) in [5.74, 6) is 1.43. The largest absolute Gasteiger partial charge is 0.454 e. The van der Waals surface area contributed by atoms with E-state index in [2.05, 4.69) is 11.4 Å². The van der Waals surface area contributed by atoms with Gasteiger partial charge in [0, 0.05) is 26.2 Å². The Morgan fingerprint density at radius 1 is 1.07 bits per heavy atom. The Morgan fingerprint density at radius 2 is 1.79 bits per heavy atom. The Bertz CT molecular complexity index is 859. The summed E-state index contributed by atoms with van der Waals surface area (Å²) in [7, 11) is 3.95. The van der Waals surface area contributed by atoms with Gasteiger partial charge in [-0.2, -0.15) is 5.26 Å². The molecule has 1 heterocycles. The third-order valence-electron chi connectivity index (χ3n) is 4.44. The molecule has 7 nitrogen and oxygen atoms in total. The summed E-state index contributed by atoms with van der Waals surface area (Å²) in [6.07, 6.45) is 0. The van der Waals surface area contributed by atoms with E-state index < -0.39 is 0 Å². The van der Waals surface area contributed by atoms with Crippen molar-refractivity contribution >= 4 is 6.03 Å². The van der Waals surface area contributed by atoms with Gasteiger partial charge < -0.3 is 24.6 Å². The number of fused-ring (bicyclic) bond motifs is 1. The summed E-state index contributed by atoms with van der Waals surface area (Å²) < 4.78 is 10.7. The Kier molecular flexibility index (Phi) is 6.35. The van der Waals surface area contributed by atoms with Crippen molar-refractivity contribution in [3.05, 3.63) is 59.2 Å². The SMILES string of the molecule is CN(C)CCN(Cc1ccc(C#N)cc1)C(=O)NCc1ccc2c(c1)OCO2. The molecule has 2 aromatic carbocycles. The van der Waals surface area contributed by atoms with Gasteiger partial charge in [0.2, 0.25) is 6.79 Å². The summed E-state index contributed by atoms with van der Waals surface area (Å²) in [6, 6.07) is 14.9. The minimum Gasteiger partial charge on any atom is -0.454 e. The van der Waals surface area contributed by atoms with Crippen LogP contribution in [0, 0.1) is 11.3 Å². The molecule has 0 aromatic heterocycles. The quantitative estimate of drug-likeness (QED) is 0.799. The van der Waals surface area contributed by atoms with Crippen LogP contribution in [0.25, 0.3) is 0 Å². The number of urea groups is 1. The first-order valence-corrected chi connectivity index (χ1v) is 9.10. The van der Waals surface area contributed by atoms with Gasteiger partial charge in [0.25, 0.3) is 0 Å². The van der Waals surface area contributed by atoms with Crippen LogP contribution >= 0.6 is 0 Å². The highest BCUT2D eigenvalue weighted by atomic mass is 16.7. The lowest BCUT2D eigenvalue weighted by molar-refractivity contribution is 0.174. The van der Waals surface area contributed by atoms with Gasteiger partial charge in [0.15, 0.2) is 11.5 Å². The molecule has 0 saturated heterocycles. The van der Waals surface area contributed by atoms with Gasteiger partial charge in [-0.25, -0.2) is 4.79 Å². The monoisotopic (exact) mass is 380 g/mol. The molecule has 1 N–H and O–H groups in total. The average molecular weight is 380 g/mol. The van der Waals surface area contributed by atoms with E-state index in [1.165, 1.54) is 0 Å². The van der Waals surface area contributed by atoms with E-state index in [1.54, 1.807) is 17.0 Å². The summed E-state index contributed by atoms with van der Waals surface area (Å²) in [4.78, 5) is 16.6. The number of hydrogen-bond acceptors (Lipinski definition) is 5. The van der Waals surface area contributed by atoms with Crippen molar-refractivity contribution in [2.75, 3.05) is 34.0 Å². The number of likely N-dealkylation sites (N-methyl/N-ethyl adjacent to an activating group) is 1. The molecule has 0 saturated carbocycles. The van der Waals surface area contributed by atoms with E-state index in [9.17, 15) is 4.79 Å². The highest BCUT2D eigenvalue weighted by Crippen LogP contribution is 2.32. The number of ether oxygens (including phenoxy) is 2. The second-order valence-corrected chi connectivity index (χ2v) is 6.88. The molecule has 0 bridgehead atoms. The van der Waals surface area contributed by atoms with Gasteiger partial charge in [-0.15, -0.1) is 0 Å².